The van der Waals surface area contributed by atoms with Crippen LogP contribution in [-0.4, -0.2) is 87.3 Å². The normalized spacial score (nSPS) is 16.6. The molecule has 2 amide bonds. The van der Waals surface area contributed by atoms with Crippen LogP contribution in [0.25, 0.3) is 0 Å². The number of rotatable bonds is 15. The number of nitrogens with one attached hydrogen (secondary N) is 3. The molecule has 1 aliphatic heterocycles. The first-order valence-corrected chi connectivity index (χ1v) is 17.2. The molecular formula is C34H43N5O8S. The molecule has 0 saturated carbocycles. The van der Waals surface area contributed by atoms with Crippen LogP contribution < -0.4 is 15.4 Å². The maximum Gasteiger partial charge on any atom is 0.410 e. The number of anilines is 1. The van der Waals surface area contributed by atoms with Crippen molar-refractivity contribution in [1.29, 1.82) is 0 Å². The van der Waals surface area contributed by atoms with E-state index in [0.717, 1.165) is 11.1 Å². The van der Waals surface area contributed by atoms with E-state index in [4.69, 9.17) is 14.2 Å². The quantitative estimate of drug-likeness (QED) is 0.203. The van der Waals surface area contributed by atoms with Gasteiger partial charge in [-0.2, -0.15) is 4.72 Å². The summed E-state index contributed by atoms with van der Waals surface area (Å²) in [5.74, 6) is -0.744. The number of carbonyl (C=O) groups excluding carboxylic acids is 3. The summed E-state index contributed by atoms with van der Waals surface area (Å²) < 4.78 is 45.6. The molecule has 2 aromatic carbocycles. The van der Waals surface area contributed by atoms with Crippen molar-refractivity contribution in [1.82, 2.24) is 19.9 Å². The Labute approximate surface area is 281 Å². The summed E-state index contributed by atoms with van der Waals surface area (Å²) in [6, 6.07) is 16.6. The van der Waals surface area contributed by atoms with Gasteiger partial charge in [-0.05, 0) is 62.9 Å². The zero-order valence-electron chi connectivity index (χ0n) is 27.6. The van der Waals surface area contributed by atoms with Crippen molar-refractivity contribution in [2.75, 3.05) is 38.2 Å². The number of aryl methyl sites for hydroxylation is 3. The Morgan fingerprint density at radius 3 is 2.38 bits per heavy atom. The van der Waals surface area contributed by atoms with Gasteiger partial charge in [-0.25, -0.2) is 18.2 Å². The molecule has 3 aromatic rings. The second-order valence-electron chi connectivity index (χ2n) is 11.6. The van der Waals surface area contributed by atoms with Crippen molar-refractivity contribution in [3.05, 3.63) is 89.1 Å². The molecule has 3 unspecified atom stereocenters. The predicted octanol–water partition coefficient (Wildman–Crippen LogP) is 3.24. The fourth-order valence-corrected chi connectivity index (χ4v) is 7.25. The molecule has 1 saturated heterocycles. The summed E-state index contributed by atoms with van der Waals surface area (Å²) in [5.41, 5.74) is 2.82. The Kier molecular flexibility index (Phi) is 12.9. The summed E-state index contributed by atoms with van der Waals surface area (Å²) >= 11 is 0. The van der Waals surface area contributed by atoms with E-state index in [1.807, 2.05) is 49.4 Å². The van der Waals surface area contributed by atoms with Crippen molar-refractivity contribution in [2.45, 2.75) is 63.8 Å². The molecule has 1 aromatic heterocycles. The van der Waals surface area contributed by atoms with Crippen LogP contribution in [0.1, 0.15) is 35.6 Å². The maximum absolute atomic E-state index is 13.3. The molecular weight excluding hydrogens is 638 g/mol. The van der Waals surface area contributed by atoms with Gasteiger partial charge in [0.25, 0.3) is 0 Å². The number of hydrogen-bond donors (Lipinski definition) is 3. The highest BCUT2D eigenvalue weighted by atomic mass is 32.2. The van der Waals surface area contributed by atoms with E-state index in [0.29, 0.717) is 29.9 Å². The lowest BCUT2D eigenvalue weighted by Crippen LogP contribution is -2.49. The molecule has 48 heavy (non-hydrogen) atoms. The lowest BCUT2D eigenvalue weighted by atomic mass is 10.1. The van der Waals surface area contributed by atoms with Gasteiger partial charge in [0, 0.05) is 19.3 Å². The van der Waals surface area contributed by atoms with Gasteiger partial charge in [0.05, 0.1) is 30.2 Å². The van der Waals surface area contributed by atoms with Gasteiger partial charge in [-0.1, -0.05) is 54.1 Å². The standard InChI is InChI=1S/C34H43N5O8S/c1-5-45-33(41)29(38-48(43,44)32-24(3)15-23(2)16-25(32)4)19-37-31(40)22-46-28-17-27(18-36-30-13-9-10-14-35-30)39(20-28)34(42)47-21-26-11-7-6-8-12-26/h6-16,27-29,38H,5,17-22H2,1-4H3,(H,35,36)(H,37,40). The fourth-order valence-electron chi connectivity index (χ4n) is 5.62. The van der Waals surface area contributed by atoms with Gasteiger partial charge in [0.1, 0.15) is 25.1 Å². The number of aromatic nitrogens is 1. The van der Waals surface area contributed by atoms with Gasteiger partial charge >= 0.3 is 12.1 Å². The monoisotopic (exact) mass is 681 g/mol. The summed E-state index contributed by atoms with van der Waals surface area (Å²) in [5, 5.41) is 5.80. The van der Waals surface area contributed by atoms with E-state index in [1.54, 1.807) is 50.1 Å². The molecule has 0 spiro atoms. The van der Waals surface area contributed by atoms with Gasteiger partial charge in [0.2, 0.25) is 15.9 Å². The minimum Gasteiger partial charge on any atom is -0.465 e. The third kappa shape index (κ3) is 10.2. The van der Waals surface area contributed by atoms with Crippen LogP contribution in [0.5, 0.6) is 0 Å². The Hall–Kier alpha value is -4.53. The molecule has 0 bridgehead atoms. The van der Waals surface area contributed by atoms with Crippen molar-refractivity contribution >= 4 is 33.8 Å². The minimum atomic E-state index is -4.14. The van der Waals surface area contributed by atoms with E-state index in [-0.39, 0.29) is 43.8 Å². The predicted molar refractivity (Wildman–Crippen MR) is 179 cm³/mol. The summed E-state index contributed by atoms with van der Waals surface area (Å²) in [6.45, 7) is 6.80. The van der Waals surface area contributed by atoms with Crippen LogP contribution >= 0.6 is 0 Å². The van der Waals surface area contributed by atoms with Crippen LogP contribution in [0.3, 0.4) is 0 Å². The first kappa shape index (κ1) is 36.3. The molecule has 3 N–H and O–H groups in total. The number of benzene rings is 2. The number of carbonyl (C=O) groups is 3. The Balaban J connectivity index is 1.35. The maximum atomic E-state index is 13.3. The smallest absolute Gasteiger partial charge is 0.410 e. The number of amides is 2. The number of esters is 1. The SMILES string of the molecule is CCOC(=O)C(CNC(=O)COC1CC(CNc2ccccn2)N(C(=O)OCc2ccccc2)C1)NS(=O)(=O)c1c(C)cc(C)cc1C. The van der Waals surface area contributed by atoms with E-state index >= 15 is 0 Å². The molecule has 1 aliphatic rings. The van der Waals surface area contributed by atoms with Crippen molar-refractivity contribution in [3.8, 4) is 0 Å². The lowest BCUT2D eigenvalue weighted by Gasteiger charge is -2.24. The number of pyridine rings is 1. The van der Waals surface area contributed by atoms with E-state index in [9.17, 15) is 22.8 Å². The molecule has 3 atom stereocenters. The van der Waals surface area contributed by atoms with Gasteiger partial charge in [-0.3, -0.25) is 9.59 Å². The second-order valence-corrected chi connectivity index (χ2v) is 13.2. The topological polar surface area (TPSA) is 165 Å². The second kappa shape index (κ2) is 17.0. The lowest BCUT2D eigenvalue weighted by molar-refractivity contribution is -0.145. The highest BCUT2D eigenvalue weighted by molar-refractivity contribution is 7.89. The number of hydrogen-bond acceptors (Lipinski definition) is 10. The van der Waals surface area contributed by atoms with E-state index in [2.05, 4.69) is 20.3 Å². The summed E-state index contributed by atoms with van der Waals surface area (Å²) in [7, 11) is -4.14. The first-order valence-electron chi connectivity index (χ1n) is 15.7. The Bertz CT molecular complexity index is 1630. The largest absolute Gasteiger partial charge is 0.465 e. The van der Waals surface area contributed by atoms with Gasteiger partial charge in [0.15, 0.2) is 0 Å². The van der Waals surface area contributed by atoms with Gasteiger partial charge in [-0.15, -0.1) is 0 Å². The molecule has 14 heteroatoms. The van der Waals surface area contributed by atoms with Crippen molar-refractivity contribution in [3.63, 3.8) is 0 Å². The van der Waals surface area contributed by atoms with E-state index < -0.39 is 40.1 Å². The van der Waals surface area contributed by atoms with Crippen LogP contribution in [0.15, 0.2) is 71.8 Å². The number of sulfonamides is 1. The molecule has 4 rings (SSSR count). The minimum absolute atomic E-state index is 0.0268. The first-order chi connectivity index (χ1) is 23.0. The Morgan fingerprint density at radius 2 is 1.71 bits per heavy atom. The fraction of sp³-hybridized carbons (Fsp3) is 0.412. The highest BCUT2D eigenvalue weighted by Crippen LogP contribution is 2.24. The third-order valence-electron chi connectivity index (χ3n) is 7.69. The molecule has 13 nitrogen and oxygen atoms in total. The summed E-state index contributed by atoms with van der Waals surface area (Å²) in [6.07, 6.45) is 1.09. The molecule has 258 valence electrons. The zero-order chi connectivity index (χ0) is 34.7. The van der Waals surface area contributed by atoms with Crippen molar-refractivity contribution < 1.29 is 37.0 Å². The molecule has 0 radical (unpaired) electrons. The van der Waals surface area contributed by atoms with E-state index in [1.165, 1.54) is 0 Å². The zero-order valence-corrected chi connectivity index (χ0v) is 28.4. The van der Waals surface area contributed by atoms with Crippen LogP contribution in [-0.2, 0) is 40.4 Å². The summed E-state index contributed by atoms with van der Waals surface area (Å²) in [4.78, 5) is 44.6. The average molecular weight is 682 g/mol. The van der Waals surface area contributed by atoms with Crippen molar-refractivity contribution in [2.24, 2.45) is 0 Å². The average Bonchev–Trinajstić information content (AvgIpc) is 3.47. The number of ether oxygens (including phenoxy) is 3. The number of likely N-dealkylation sites (tertiary alicyclic amines) is 1. The molecule has 0 aliphatic carbocycles. The molecule has 2 heterocycles. The highest BCUT2D eigenvalue weighted by Gasteiger charge is 2.37. The molecule has 1 fully saturated rings. The third-order valence-corrected chi connectivity index (χ3v) is 9.47. The number of nitrogens with zero attached hydrogens (tertiary/aromatic N) is 2. The van der Waals surface area contributed by atoms with Crippen LogP contribution in [0.4, 0.5) is 10.6 Å². The van der Waals surface area contributed by atoms with Crippen LogP contribution in [0, 0.1) is 20.8 Å². The Morgan fingerprint density at radius 1 is 1.00 bits per heavy atom. The van der Waals surface area contributed by atoms with Gasteiger partial charge < -0.3 is 29.7 Å². The van der Waals surface area contributed by atoms with Crippen LogP contribution in [0.2, 0.25) is 0 Å².